The Bertz CT molecular complexity index is 363. The van der Waals surface area contributed by atoms with Gasteiger partial charge in [-0.3, -0.25) is 4.79 Å². The second-order valence-electron chi connectivity index (χ2n) is 8.68. The molecule has 27 heavy (non-hydrogen) atoms. The van der Waals surface area contributed by atoms with Crippen molar-refractivity contribution in [2.24, 2.45) is 11.0 Å². The number of hydrogen-bond donors (Lipinski definition) is 1. The minimum absolute atomic E-state index is 0.0628. The summed E-state index contributed by atoms with van der Waals surface area (Å²) in [5.41, 5.74) is 3.70. The van der Waals surface area contributed by atoms with Crippen molar-refractivity contribution in [1.29, 1.82) is 0 Å². The van der Waals surface area contributed by atoms with E-state index in [1.165, 1.54) is 89.9 Å². The van der Waals surface area contributed by atoms with Crippen molar-refractivity contribution >= 4 is 11.6 Å². The second-order valence-corrected chi connectivity index (χ2v) is 8.68. The van der Waals surface area contributed by atoms with Gasteiger partial charge in [0.15, 0.2) is 0 Å². The summed E-state index contributed by atoms with van der Waals surface area (Å²) in [7, 11) is 0. The fraction of sp³-hybridized carbons (Fsp3) is 0.917. The summed E-state index contributed by atoms with van der Waals surface area (Å²) >= 11 is 0. The minimum Gasteiger partial charge on any atom is -0.273 e. The molecular weight excluding hydrogens is 332 g/mol. The molecule has 0 heterocycles. The highest BCUT2D eigenvalue weighted by atomic mass is 16.2. The molecule has 0 aliphatic carbocycles. The summed E-state index contributed by atoms with van der Waals surface area (Å²) in [4.78, 5) is 11.7. The van der Waals surface area contributed by atoms with Crippen LogP contribution in [0.1, 0.15) is 137 Å². The van der Waals surface area contributed by atoms with Gasteiger partial charge in [0.2, 0.25) is 5.91 Å². The normalized spacial score (nSPS) is 12.0. The summed E-state index contributed by atoms with van der Waals surface area (Å²) in [6.07, 6.45) is 21.8. The van der Waals surface area contributed by atoms with Crippen LogP contribution in [0, 0.1) is 5.92 Å². The van der Waals surface area contributed by atoms with E-state index >= 15 is 0 Å². The molecule has 0 saturated heterocycles. The maximum Gasteiger partial charge on any atom is 0.240 e. The summed E-state index contributed by atoms with van der Waals surface area (Å²) in [5.74, 6) is 0.647. The first-order chi connectivity index (χ1) is 13.1. The summed E-state index contributed by atoms with van der Waals surface area (Å²) in [6, 6.07) is 0. The van der Waals surface area contributed by atoms with E-state index in [-0.39, 0.29) is 5.91 Å². The molecule has 1 N–H and O–H groups in total. The van der Waals surface area contributed by atoms with E-state index in [0.717, 1.165) is 18.6 Å². The van der Waals surface area contributed by atoms with Crippen LogP contribution in [0.5, 0.6) is 0 Å². The van der Waals surface area contributed by atoms with E-state index in [0.29, 0.717) is 12.3 Å². The number of rotatable bonds is 19. The van der Waals surface area contributed by atoms with E-state index in [9.17, 15) is 4.79 Å². The van der Waals surface area contributed by atoms with Crippen molar-refractivity contribution in [1.82, 2.24) is 5.43 Å². The van der Waals surface area contributed by atoms with Crippen molar-refractivity contribution in [2.45, 2.75) is 137 Å². The van der Waals surface area contributed by atoms with Crippen molar-refractivity contribution < 1.29 is 4.79 Å². The number of nitrogens with one attached hydrogen (secondary N) is 1. The van der Waals surface area contributed by atoms with Crippen molar-refractivity contribution in [3.8, 4) is 0 Å². The predicted octanol–water partition coefficient (Wildman–Crippen LogP) is 7.79. The summed E-state index contributed by atoms with van der Waals surface area (Å²) in [6.45, 7) is 8.59. The van der Waals surface area contributed by atoms with Gasteiger partial charge in [0.25, 0.3) is 0 Å². The van der Waals surface area contributed by atoms with E-state index in [2.05, 4.69) is 31.3 Å². The third kappa shape index (κ3) is 21.3. The highest BCUT2D eigenvalue weighted by molar-refractivity contribution is 5.84. The molecule has 0 aromatic heterocycles. The summed E-state index contributed by atoms with van der Waals surface area (Å²) in [5, 5.41) is 4.17. The van der Waals surface area contributed by atoms with Gasteiger partial charge in [0.05, 0.1) is 0 Å². The summed E-state index contributed by atoms with van der Waals surface area (Å²) < 4.78 is 0. The van der Waals surface area contributed by atoms with Crippen LogP contribution in [0.25, 0.3) is 0 Å². The molecule has 0 radical (unpaired) electrons. The maximum atomic E-state index is 11.7. The largest absolute Gasteiger partial charge is 0.273 e. The molecule has 0 aromatic rings. The van der Waals surface area contributed by atoms with Gasteiger partial charge in [0.1, 0.15) is 0 Å². The molecule has 3 heteroatoms. The van der Waals surface area contributed by atoms with Gasteiger partial charge in [-0.15, -0.1) is 0 Å². The Morgan fingerprint density at radius 2 is 1.15 bits per heavy atom. The van der Waals surface area contributed by atoms with Crippen LogP contribution < -0.4 is 5.43 Å². The van der Waals surface area contributed by atoms with E-state index in [1.807, 2.05) is 6.92 Å². The van der Waals surface area contributed by atoms with E-state index in [4.69, 9.17) is 0 Å². The lowest BCUT2D eigenvalue weighted by molar-refractivity contribution is -0.121. The first-order valence-corrected chi connectivity index (χ1v) is 11.9. The third-order valence-corrected chi connectivity index (χ3v) is 5.08. The van der Waals surface area contributed by atoms with Crippen LogP contribution in [0.2, 0.25) is 0 Å². The van der Waals surface area contributed by atoms with Crippen molar-refractivity contribution in [2.75, 3.05) is 0 Å². The molecular formula is C24H48N2O. The fourth-order valence-electron chi connectivity index (χ4n) is 3.51. The SMILES string of the molecule is CCCCCCCCCCCCCCCCCC(=O)NN=C(C)CC(C)C. The Morgan fingerprint density at radius 3 is 1.56 bits per heavy atom. The molecule has 0 saturated carbocycles. The molecule has 0 aliphatic rings. The van der Waals surface area contributed by atoms with Crippen LogP contribution in [-0.2, 0) is 4.79 Å². The van der Waals surface area contributed by atoms with Gasteiger partial charge < -0.3 is 0 Å². The molecule has 0 rings (SSSR count). The zero-order valence-corrected chi connectivity index (χ0v) is 19.0. The van der Waals surface area contributed by atoms with Crippen LogP contribution >= 0.6 is 0 Å². The number of hydrogen-bond acceptors (Lipinski definition) is 2. The number of amides is 1. The Hall–Kier alpha value is -0.860. The minimum atomic E-state index is 0.0628. The molecule has 0 aromatic carbocycles. The first kappa shape index (κ1) is 26.1. The Morgan fingerprint density at radius 1 is 0.741 bits per heavy atom. The van der Waals surface area contributed by atoms with Crippen molar-refractivity contribution in [3.05, 3.63) is 0 Å². The average molecular weight is 381 g/mol. The van der Waals surface area contributed by atoms with Gasteiger partial charge in [-0.1, -0.05) is 111 Å². The number of nitrogens with zero attached hydrogens (tertiary/aromatic N) is 1. The van der Waals surface area contributed by atoms with Gasteiger partial charge in [-0.25, -0.2) is 5.43 Å². The smallest absolute Gasteiger partial charge is 0.240 e. The zero-order valence-electron chi connectivity index (χ0n) is 19.0. The maximum absolute atomic E-state index is 11.7. The number of unbranched alkanes of at least 4 members (excludes halogenated alkanes) is 14. The lowest BCUT2D eigenvalue weighted by Gasteiger charge is -2.05. The number of carbonyl (C=O) groups excluding carboxylic acids is 1. The Balaban J connectivity index is 3.27. The molecule has 0 atom stereocenters. The molecule has 0 bridgehead atoms. The molecule has 1 amide bonds. The standard InChI is InChI=1S/C24H48N2O/c1-5-6-7-8-9-10-11-12-13-14-15-16-17-18-19-20-24(27)26-25-23(4)21-22(2)3/h22H,5-21H2,1-4H3,(H,26,27). The van der Waals surface area contributed by atoms with Gasteiger partial charge in [0, 0.05) is 12.1 Å². The fourth-order valence-corrected chi connectivity index (χ4v) is 3.51. The lowest BCUT2D eigenvalue weighted by atomic mass is 10.0. The van der Waals surface area contributed by atoms with Crippen LogP contribution in [0.3, 0.4) is 0 Å². The van der Waals surface area contributed by atoms with Gasteiger partial charge in [-0.05, 0) is 25.7 Å². The number of carbonyl (C=O) groups is 1. The zero-order chi connectivity index (χ0) is 20.2. The Kier molecular flexibility index (Phi) is 19.3. The van der Waals surface area contributed by atoms with Gasteiger partial charge in [-0.2, -0.15) is 5.10 Å². The average Bonchev–Trinajstić information content (AvgIpc) is 2.62. The third-order valence-electron chi connectivity index (χ3n) is 5.08. The first-order valence-electron chi connectivity index (χ1n) is 11.9. The van der Waals surface area contributed by atoms with E-state index < -0.39 is 0 Å². The second kappa shape index (κ2) is 19.9. The van der Waals surface area contributed by atoms with Gasteiger partial charge >= 0.3 is 0 Å². The molecule has 0 aliphatic heterocycles. The van der Waals surface area contributed by atoms with Crippen LogP contribution in [-0.4, -0.2) is 11.6 Å². The topological polar surface area (TPSA) is 41.5 Å². The van der Waals surface area contributed by atoms with Crippen LogP contribution in [0.15, 0.2) is 5.10 Å². The molecule has 160 valence electrons. The predicted molar refractivity (Wildman–Crippen MR) is 120 cm³/mol. The molecule has 0 spiro atoms. The molecule has 0 unspecified atom stereocenters. The molecule has 0 fully saturated rings. The number of hydrazone groups is 1. The highest BCUT2D eigenvalue weighted by Gasteiger charge is 2.01. The Labute approximate surface area is 170 Å². The van der Waals surface area contributed by atoms with E-state index in [1.54, 1.807) is 0 Å². The highest BCUT2D eigenvalue weighted by Crippen LogP contribution is 2.13. The monoisotopic (exact) mass is 380 g/mol. The van der Waals surface area contributed by atoms with Crippen molar-refractivity contribution in [3.63, 3.8) is 0 Å². The lowest BCUT2D eigenvalue weighted by Crippen LogP contribution is -2.18. The van der Waals surface area contributed by atoms with Crippen LogP contribution in [0.4, 0.5) is 0 Å². The quantitative estimate of drug-likeness (QED) is 0.139. The molecule has 3 nitrogen and oxygen atoms in total.